The van der Waals surface area contributed by atoms with Crippen LogP contribution in [0.15, 0.2) is 48.5 Å². The molecule has 5 heteroatoms. The van der Waals surface area contributed by atoms with Gasteiger partial charge in [0, 0.05) is 20.6 Å². The van der Waals surface area contributed by atoms with E-state index in [-0.39, 0.29) is 5.91 Å². The minimum atomic E-state index is 0.0301. The Hall–Kier alpha value is -2.40. The van der Waals surface area contributed by atoms with Crippen molar-refractivity contribution in [3.63, 3.8) is 0 Å². The fourth-order valence-electron chi connectivity index (χ4n) is 2.57. The molecule has 0 fully saturated rings. The lowest BCUT2D eigenvalue weighted by Gasteiger charge is -2.06. The first kappa shape index (κ1) is 16.5. The number of rotatable bonds is 5. The fourth-order valence-corrected chi connectivity index (χ4v) is 3.55. The molecular weight excluding hydrogens is 318 g/mol. The average molecular weight is 339 g/mol. The van der Waals surface area contributed by atoms with Gasteiger partial charge in [-0.05, 0) is 30.2 Å². The molecule has 0 unspecified atom stereocenters. The second-order valence-electron chi connectivity index (χ2n) is 5.87. The normalized spacial score (nSPS) is 10.8. The van der Waals surface area contributed by atoms with E-state index in [4.69, 9.17) is 5.10 Å². The van der Waals surface area contributed by atoms with Gasteiger partial charge < -0.3 is 4.90 Å². The summed E-state index contributed by atoms with van der Waals surface area (Å²) in [6, 6.07) is 16.3. The topological polar surface area (TPSA) is 38.1 Å². The Bertz CT molecular complexity index is 833. The molecule has 0 bridgehead atoms. The van der Waals surface area contributed by atoms with Gasteiger partial charge in [0.2, 0.25) is 0 Å². The number of hydrogen-bond acceptors (Lipinski definition) is 3. The van der Waals surface area contributed by atoms with E-state index in [2.05, 4.69) is 29.8 Å². The van der Waals surface area contributed by atoms with Crippen molar-refractivity contribution in [2.24, 2.45) is 0 Å². The zero-order chi connectivity index (χ0) is 17.1. The number of aromatic nitrogens is 2. The van der Waals surface area contributed by atoms with Gasteiger partial charge in [0.15, 0.2) is 0 Å². The van der Waals surface area contributed by atoms with Crippen LogP contribution in [-0.4, -0.2) is 34.7 Å². The number of aryl methyl sites for hydroxylation is 1. The maximum absolute atomic E-state index is 12.1. The lowest BCUT2D eigenvalue weighted by molar-refractivity contribution is 0.0832. The van der Waals surface area contributed by atoms with Crippen LogP contribution in [0.4, 0.5) is 0 Å². The number of carbonyl (C=O) groups excluding carboxylic acids is 1. The average Bonchev–Trinajstić information content (AvgIpc) is 3.22. The Kier molecular flexibility index (Phi) is 4.81. The van der Waals surface area contributed by atoms with Crippen LogP contribution in [-0.2, 0) is 6.54 Å². The summed E-state index contributed by atoms with van der Waals surface area (Å²) in [6.45, 7) is 3.02. The Morgan fingerprint density at radius 1 is 1.17 bits per heavy atom. The summed E-state index contributed by atoms with van der Waals surface area (Å²) in [5, 5.41) is 4.77. The summed E-state index contributed by atoms with van der Waals surface area (Å²) in [5.74, 6) is 0.0301. The smallest absolute Gasteiger partial charge is 0.263 e. The molecule has 3 aromatic rings. The summed E-state index contributed by atoms with van der Waals surface area (Å²) >= 11 is 1.49. The first-order valence-corrected chi connectivity index (χ1v) is 8.87. The van der Waals surface area contributed by atoms with Crippen LogP contribution in [0.25, 0.3) is 21.8 Å². The third kappa shape index (κ3) is 3.26. The molecule has 1 amide bonds. The predicted molar refractivity (Wildman–Crippen MR) is 99.3 cm³/mol. The maximum atomic E-state index is 12.1. The van der Waals surface area contributed by atoms with Gasteiger partial charge in [-0.25, -0.2) is 0 Å². The fraction of sp³-hybridized carbons (Fsp3) is 0.263. The predicted octanol–water partition coefficient (Wildman–Crippen LogP) is 4.39. The lowest BCUT2D eigenvalue weighted by atomic mass is 10.1. The van der Waals surface area contributed by atoms with Crippen molar-refractivity contribution >= 4 is 17.2 Å². The highest BCUT2D eigenvalue weighted by molar-refractivity contribution is 7.17. The van der Waals surface area contributed by atoms with Crippen molar-refractivity contribution in [2.45, 2.75) is 19.9 Å². The molecule has 24 heavy (non-hydrogen) atoms. The van der Waals surface area contributed by atoms with Crippen LogP contribution >= 0.6 is 11.3 Å². The van der Waals surface area contributed by atoms with Crippen LogP contribution in [0.1, 0.15) is 23.0 Å². The standard InChI is InChI=1S/C19H21N3OS/c1-4-12-22-16(14-8-6-5-7-9-14)13-15(20-22)17-10-11-18(24-17)19(23)21(2)3/h5-11,13H,4,12H2,1-3H3. The highest BCUT2D eigenvalue weighted by atomic mass is 32.1. The Balaban J connectivity index is 1.99. The Labute approximate surface area is 146 Å². The molecule has 2 aromatic heterocycles. The molecule has 0 N–H and O–H groups in total. The van der Waals surface area contributed by atoms with Crippen LogP contribution in [0, 0.1) is 0 Å². The molecule has 0 aliphatic carbocycles. The van der Waals surface area contributed by atoms with Crippen LogP contribution in [0.3, 0.4) is 0 Å². The van der Waals surface area contributed by atoms with Crippen molar-refractivity contribution in [1.29, 1.82) is 0 Å². The molecule has 0 aliphatic rings. The third-order valence-corrected chi connectivity index (χ3v) is 4.86. The summed E-state index contributed by atoms with van der Waals surface area (Å²) in [5.41, 5.74) is 3.19. The van der Waals surface area contributed by atoms with Gasteiger partial charge >= 0.3 is 0 Å². The van der Waals surface area contributed by atoms with Crippen molar-refractivity contribution in [3.05, 3.63) is 53.4 Å². The molecule has 4 nitrogen and oxygen atoms in total. The summed E-state index contributed by atoms with van der Waals surface area (Å²) < 4.78 is 2.05. The van der Waals surface area contributed by atoms with Crippen LogP contribution in [0.2, 0.25) is 0 Å². The molecule has 0 aliphatic heterocycles. The van der Waals surface area contributed by atoms with Gasteiger partial charge in [-0.2, -0.15) is 5.10 Å². The second kappa shape index (κ2) is 7.01. The molecule has 0 saturated carbocycles. The van der Waals surface area contributed by atoms with E-state index < -0.39 is 0 Å². The van der Waals surface area contributed by atoms with E-state index in [9.17, 15) is 4.79 Å². The number of hydrogen-bond donors (Lipinski definition) is 0. The SMILES string of the molecule is CCCn1nc(-c2ccc(C(=O)N(C)C)s2)cc1-c1ccccc1. The quantitative estimate of drug-likeness (QED) is 0.691. The van der Waals surface area contributed by atoms with E-state index in [0.717, 1.165) is 39.7 Å². The molecule has 0 spiro atoms. The van der Waals surface area contributed by atoms with Crippen LogP contribution < -0.4 is 0 Å². The van der Waals surface area contributed by atoms with Gasteiger partial charge in [0.05, 0.1) is 15.4 Å². The number of thiophene rings is 1. The molecule has 124 valence electrons. The van der Waals surface area contributed by atoms with Crippen LogP contribution in [0.5, 0.6) is 0 Å². The van der Waals surface area contributed by atoms with E-state index in [0.29, 0.717) is 0 Å². The van der Waals surface area contributed by atoms with E-state index in [1.165, 1.54) is 11.3 Å². The van der Waals surface area contributed by atoms with E-state index in [1.807, 2.05) is 30.3 Å². The van der Waals surface area contributed by atoms with Gasteiger partial charge in [0.25, 0.3) is 5.91 Å². The zero-order valence-electron chi connectivity index (χ0n) is 14.2. The van der Waals surface area contributed by atoms with Crippen molar-refractivity contribution in [3.8, 4) is 21.8 Å². The zero-order valence-corrected chi connectivity index (χ0v) is 15.0. The number of carbonyl (C=O) groups is 1. The molecule has 0 atom stereocenters. The van der Waals surface area contributed by atoms with Crippen molar-refractivity contribution in [2.75, 3.05) is 14.1 Å². The van der Waals surface area contributed by atoms with E-state index in [1.54, 1.807) is 19.0 Å². The Morgan fingerprint density at radius 2 is 1.92 bits per heavy atom. The first-order chi connectivity index (χ1) is 11.6. The van der Waals surface area contributed by atoms with Gasteiger partial charge in [-0.3, -0.25) is 9.48 Å². The number of benzene rings is 1. The van der Waals surface area contributed by atoms with E-state index >= 15 is 0 Å². The molecule has 0 saturated heterocycles. The second-order valence-corrected chi connectivity index (χ2v) is 6.95. The molecule has 3 rings (SSSR count). The molecular formula is C19H21N3OS. The number of amides is 1. The third-order valence-electron chi connectivity index (χ3n) is 3.76. The van der Waals surface area contributed by atoms with Gasteiger partial charge in [-0.1, -0.05) is 37.3 Å². The monoisotopic (exact) mass is 339 g/mol. The van der Waals surface area contributed by atoms with Gasteiger partial charge in [-0.15, -0.1) is 11.3 Å². The largest absolute Gasteiger partial charge is 0.344 e. The van der Waals surface area contributed by atoms with Crippen molar-refractivity contribution in [1.82, 2.24) is 14.7 Å². The maximum Gasteiger partial charge on any atom is 0.263 e. The lowest BCUT2D eigenvalue weighted by Crippen LogP contribution is -2.20. The molecule has 1 aromatic carbocycles. The molecule has 0 radical (unpaired) electrons. The minimum Gasteiger partial charge on any atom is -0.344 e. The minimum absolute atomic E-state index is 0.0301. The van der Waals surface area contributed by atoms with Crippen molar-refractivity contribution < 1.29 is 4.79 Å². The highest BCUT2D eigenvalue weighted by Crippen LogP contribution is 2.31. The summed E-state index contributed by atoms with van der Waals surface area (Å²) in [6.07, 6.45) is 1.02. The van der Waals surface area contributed by atoms with Gasteiger partial charge in [0.1, 0.15) is 5.69 Å². The summed E-state index contributed by atoms with van der Waals surface area (Å²) in [4.78, 5) is 15.5. The summed E-state index contributed by atoms with van der Waals surface area (Å²) in [7, 11) is 3.54. The highest BCUT2D eigenvalue weighted by Gasteiger charge is 2.15. The Morgan fingerprint density at radius 3 is 2.58 bits per heavy atom. The molecule has 2 heterocycles. The number of nitrogens with zero attached hydrogens (tertiary/aromatic N) is 3. The first-order valence-electron chi connectivity index (χ1n) is 8.05.